The molecule has 98 valence electrons. The summed E-state index contributed by atoms with van der Waals surface area (Å²) in [5, 5.41) is 0.301. The normalized spacial score (nSPS) is 24.0. The summed E-state index contributed by atoms with van der Waals surface area (Å²) in [5.74, 6) is 0. The maximum atomic E-state index is 10.8. The van der Waals surface area contributed by atoms with Gasteiger partial charge in [0, 0.05) is 6.42 Å². The van der Waals surface area contributed by atoms with Crippen LogP contribution in [0.3, 0.4) is 0 Å². The summed E-state index contributed by atoms with van der Waals surface area (Å²) >= 11 is 0. The molecule has 0 radical (unpaired) electrons. The van der Waals surface area contributed by atoms with Crippen molar-refractivity contribution in [2.45, 2.75) is 88.8 Å². The van der Waals surface area contributed by atoms with Gasteiger partial charge < -0.3 is 4.79 Å². The van der Waals surface area contributed by atoms with Gasteiger partial charge in [0.1, 0.15) is 14.1 Å². The summed E-state index contributed by atoms with van der Waals surface area (Å²) in [6.45, 7) is 0. The Labute approximate surface area is 108 Å². The molecule has 0 aromatic carbocycles. The Morgan fingerprint density at radius 3 is 1.47 bits per heavy atom. The van der Waals surface area contributed by atoms with Gasteiger partial charge in [0.05, 0.1) is 0 Å². The molecule has 0 unspecified atom stereocenters. The van der Waals surface area contributed by atoms with E-state index in [2.05, 4.69) is 7.85 Å². The van der Waals surface area contributed by atoms with Gasteiger partial charge in [-0.1, -0.05) is 82.4 Å². The van der Waals surface area contributed by atoms with E-state index in [1.165, 1.54) is 77.0 Å². The van der Waals surface area contributed by atoms with Gasteiger partial charge in [-0.25, -0.2) is 0 Å². The minimum Gasteiger partial charge on any atom is -0.303 e. The molecule has 17 heavy (non-hydrogen) atoms. The van der Waals surface area contributed by atoms with Crippen molar-refractivity contribution in [3.8, 4) is 0 Å². The average molecular weight is 236 g/mol. The Bertz CT molecular complexity index is 189. The minimum absolute atomic E-state index is 0.301. The molecule has 1 saturated carbocycles. The smallest absolute Gasteiger partial charge is 0.119 e. The molecule has 1 nitrogen and oxygen atoms in total. The second kappa shape index (κ2) is 8.77. The lowest BCUT2D eigenvalue weighted by atomic mass is 9.61. The second-order valence-electron chi connectivity index (χ2n) is 6.22. The molecule has 1 rings (SSSR count). The van der Waals surface area contributed by atoms with E-state index in [0.29, 0.717) is 5.31 Å². The molecule has 0 aliphatic heterocycles. The summed E-state index contributed by atoms with van der Waals surface area (Å²) in [4.78, 5) is 10.8. The lowest BCUT2D eigenvalue weighted by Gasteiger charge is -2.27. The predicted molar refractivity (Wildman–Crippen MR) is 77.3 cm³/mol. The quantitative estimate of drug-likeness (QED) is 0.522. The number of rotatable bonds is 2. The summed E-state index contributed by atoms with van der Waals surface area (Å²) < 4.78 is 0. The van der Waals surface area contributed by atoms with Gasteiger partial charge in [0.15, 0.2) is 0 Å². The lowest BCUT2D eigenvalue weighted by molar-refractivity contribution is -0.108. The van der Waals surface area contributed by atoms with Gasteiger partial charge in [-0.3, -0.25) is 0 Å². The molecule has 0 bridgehead atoms. The number of aldehydes is 1. The number of carbonyl (C=O) groups is 1. The second-order valence-corrected chi connectivity index (χ2v) is 6.22. The van der Waals surface area contributed by atoms with Crippen molar-refractivity contribution in [3.63, 3.8) is 0 Å². The maximum absolute atomic E-state index is 10.8. The molecule has 0 spiro atoms. The molecule has 2 heteroatoms. The van der Waals surface area contributed by atoms with Crippen LogP contribution in [-0.2, 0) is 4.79 Å². The van der Waals surface area contributed by atoms with Gasteiger partial charge in [0.2, 0.25) is 0 Å². The van der Waals surface area contributed by atoms with Gasteiger partial charge in [-0.15, -0.1) is 0 Å². The zero-order chi connectivity index (χ0) is 12.4. The van der Waals surface area contributed by atoms with Crippen LogP contribution in [0.4, 0.5) is 0 Å². The average Bonchev–Trinajstić information content (AvgIpc) is 2.32. The van der Waals surface area contributed by atoms with Gasteiger partial charge >= 0.3 is 0 Å². The first-order valence-electron chi connectivity index (χ1n) is 7.70. The van der Waals surface area contributed by atoms with Crippen molar-refractivity contribution in [3.05, 3.63) is 0 Å². The Kier molecular flexibility index (Phi) is 7.63. The number of hydrogen-bond donors (Lipinski definition) is 0. The highest BCUT2D eigenvalue weighted by Crippen LogP contribution is 2.38. The Hall–Kier alpha value is -0.265. The molecule has 0 N–H and O–H groups in total. The number of carbonyl (C=O) groups excluding carboxylic acids is 1. The zero-order valence-electron chi connectivity index (χ0n) is 11.7. The highest BCUT2D eigenvalue weighted by Gasteiger charge is 2.22. The predicted octanol–water partition coefficient (Wildman–Crippen LogP) is 4.06. The summed E-state index contributed by atoms with van der Waals surface area (Å²) in [6, 6.07) is 0. The molecule has 0 aromatic rings. The van der Waals surface area contributed by atoms with Crippen LogP contribution >= 0.6 is 0 Å². The monoisotopic (exact) mass is 236 g/mol. The van der Waals surface area contributed by atoms with Crippen molar-refractivity contribution >= 4 is 14.1 Å². The van der Waals surface area contributed by atoms with Gasteiger partial charge in [0.25, 0.3) is 0 Å². The molecule has 1 aliphatic carbocycles. The van der Waals surface area contributed by atoms with E-state index < -0.39 is 0 Å². The Balaban J connectivity index is 2.38. The first kappa shape index (κ1) is 14.8. The van der Waals surface area contributed by atoms with Crippen LogP contribution in [0, 0.1) is 0 Å². The van der Waals surface area contributed by atoms with Gasteiger partial charge in [-0.05, 0) is 0 Å². The lowest BCUT2D eigenvalue weighted by Crippen LogP contribution is -2.14. The SMILES string of the molecule is BC1(CC=O)CCCCCCCCCCCC1. The van der Waals surface area contributed by atoms with Crippen molar-refractivity contribution in [1.29, 1.82) is 0 Å². The third kappa shape index (κ3) is 6.90. The van der Waals surface area contributed by atoms with Crippen LogP contribution in [0.15, 0.2) is 0 Å². The highest BCUT2D eigenvalue weighted by molar-refractivity contribution is 6.16. The van der Waals surface area contributed by atoms with Crippen LogP contribution in [0.25, 0.3) is 0 Å². The van der Waals surface area contributed by atoms with Crippen LogP contribution in [0.1, 0.15) is 83.5 Å². The summed E-state index contributed by atoms with van der Waals surface area (Å²) in [7, 11) is 2.32. The third-order valence-corrected chi connectivity index (χ3v) is 4.39. The molecule has 0 atom stereocenters. The van der Waals surface area contributed by atoms with Crippen LogP contribution in [0.5, 0.6) is 0 Å². The van der Waals surface area contributed by atoms with Crippen LogP contribution < -0.4 is 0 Å². The molecular weight excluding hydrogens is 207 g/mol. The molecule has 0 saturated heterocycles. The van der Waals surface area contributed by atoms with E-state index in [9.17, 15) is 4.79 Å². The van der Waals surface area contributed by atoms with Crippen molar-refractivity contribution < 1.29 is 4.79 Å². The van der Waals surface area contributed by atoms with Crippen molar-refractivity contribution in [2.24, 2.45) is 0 Å². The molecule has 0 aromatic heterocycles. The fourth-order valence-corrected chi connectivity index (χ4v) is 3.05. The van der Waals surface area contributed by atoms with E-state index in [-0.39, 0.29) is 0 Å². The van der Waals surface area contributed by atoms with Crippen molar-refractivity contribution in [2.75, 3.05) is 0 Å². The van der Waals surface area contributed by atoms with E-state index in [0.717, 1.165) is 12.7 Å². The van der Waals surface area contributed by atoms with E-state index in [1.807, 2.05) is 0 Å². The standard InChI is InChI=1S/C15H29BO/c16-15(13-14-17)11-9-7-5-3-1-2-4-6-8-10-12-15/h14H,1-13,16H2. The first-order chi connectivity index (χ1) is 8.27. The van der Waals surface area contributed by atoms with Crippen LogP contribution in [0.2, 0.25) is 5.31 Å². The van der Waals surface area contributed by atoms with Crippen LogP contribution in [-0.4, -0.2) is 14.1 Å². The minimum atomic E-state index is 0.301. The molecule has 0 heterocycles. The largest absolute Gasteiger partial charge is 0.303 e. The molecule has 1 fully saturated rings. The fraction of sp³-hybridized carbons (Fsp3) is 0.933. The van der Waals surface area contributed by atoms with E-state index in [1.54, 1.807) is 0 Å². The summed E-state index contributed by atoms with van der Waals surface area (Å²) in [6.07, 6.45) is 18.3. The molecule has 0 amide bonds. The van der Waals surface area contributed by atoms with E-state index >= 15 is 0 Å². The molecule has 1 aliphatic rings. The van der Waals surface area contributed by atoms with Crippen molar-refractivity contribution in [1.82, 2.24) is 0 Å². The Morgan fingerprint density at radius 1 is 0.765 bits per heavy atom. The van der Waals surface area contributed by atoms with E-state index in [4.69, 9.17) is 0 Å². The third-order valence-electron chi connectivity index (χ3n) is 4.39. The topological polar surface area (TPSA) is 17.1 Å². The maximum Gasteiger partial charge on any atom is 0.119 e. The highest BCUT2D eigenvalue weighted by atomic mass is 16.1. The zero-order valence-corrected chi connectivity index (χ0v) is 11.7. The first-order valence-corrected chi connectivity index (χ1v) is 7.70. The fourth-order valence-electron chi connectivity index (χ4n) is 3.05. The summed E-state index contributed by atoms with van der Waals surface area (Å²) in [5.41, 5.74) is 0. The number of hydrogen-bond acceptors (Lipinski definition) is 1. The van der Waals surface area contributed by atoms with Gasteiger partial charge in [-0.2, -0.15) is 0 Å². The molecular formula is C15H29BO. The Morgan fingerprint density at radius 2 is 1.12 bits per heavy atom.